The number of anilines is 2. The van der Waals surface area contributed by atoms with Crippen LogP contribution in [0, 0.1) is 5.82 Å². The molecular formula is C13H12BrClFN3O. The van der Waals surface area contributed by atoms with Crippen LogP contribution in [0.2, 0.25) is 5.15 Å². The number of nitrogens with one attached hydrogen (secondary N) is 1. The van der Waals surface area contributed by atoms with E-state index in [0.717, 1.165) is 0 Å². The Morgan fingerprint density at radius 3 is 2.85 bits per heavy atom. The van der Waals surface area contributed by atoms with Crippen LogP contribution in [0.3, 0.4) is 0 Å². The van der Waals surface area contributed by atoms with E-state index in [0.29, 0.717) is 40.2 Å². The first-order valence-corrected chi connectivity index (χ1v) is 7.09. The zero-order valence-corrected chi connectivity index (χ0v) is 13.0. The minimum absolute atomic E-state index is 0.291. The fraction of sp³-hybridized carbons (Fsp3) is 0.231. The molecule has 1 heterocycles. The fourth-order valence-corrected chi connectivity index (χ4v) is 2.09. The third-order valence-electron chi connectivity index (χ3n) is 2.37. The number of ether oxygens (including phenoxy) is 1. The number of rotatable bonds is 5. The van der Waals surface area contributed by atoms with Crippen molar-refractivity contribution in [2.24, 2.45) is 0 Å². The van der Waals surface area contributed by atoms with Crippen molar-refractivity contribution in [3.05, 3.63) is 45.5 Å². The van der Waals surface area contributed by atoms with Crippen LogP contribution in [-0.2, 0) is 11.3 Å². The SMILES string of the molecule is CCOCc1nc(Cl)cc(Nc2ccc(F)c(Br)c2)n1. The number of hydrogen-bond acceptors (Lipinski definition) is 4. The number of benzene rings is 1. The molecule has 2 rings (SSSR count). The Bertz CT molecular complexity index is 612. The van der Waals surface area contributed by atoms with Gasteiger partial charge in [-0.1, -0.05) is 11.6 Å². The Balaban J connectivity index is 2.19. The van der Waals surface area contributed by atoms with Gasteiger partial charge in [-0.2, -0.15) is 0 Å². The van der Waals surface area contributed by atoms with Gasteiger partial charge in [-0.05, 0) is 41.1 Å². The van der Waals surface area contributed by atoms with Crippen molar-refractivity contribution in [3.63, 3.8) is 0 Å². The van der Waals surface area contributed by atoms with Crippen LogP contribution in [0.15, 0.2) is 28.7 Å². The Morgan fingerprint density at radius 1 is 1.35 bits per heavy atom. The van der Waals surface area contributed by atoms with Crippen molar-refractivity contribution >= 4 is 39.0 Å². The number of nitrogens with zero attached hydrogens (tertiary/aromatic N) is 2. The smallest absolute Gasteiger partial charge is 0.158 e. The van der Waals surface area contributed by atoms with Crippen LogP contribution in [0.25, 0.3) is 0 Å². The average molecular weight is 361 g/mol. The molecule has 0 unspecified atom stereocenters. The maximum Gasteiger partial charge on any atom is 0.158 e. The summed E-state index contributed by atoms with van der Waals surface area (Å²) in [5.74, 6) is 0.689. The van der Waals surface area contributed by atoms with Crippen molar-refractivity contribution in [1.82, 2.24) is 9.97 Å². The van der Waals surface area contributed by atoms with Crippen LogP contribution in [-0.4, -0.2) is 16.6 Å². The highest BCUT2D eigenvalue weighted by molar-refractivity contribution is 9.10. The summed E-state index contributed by atoms with van der Waals surface area (Å²) < 4.78 is 18.8. The van der Waals surface area contributed by atoms with Crippen molar-refractivity contribution in [3.8, 4) is 0 Å². The highest BCUT2D eigenvalue weighted by Gasteiger charge is 2.05. The average Bonchev–Trinajstić information content (AvgIpc) is 2.40. The summed E-state index contributed by atoms with van der Waals surface area (Å²) in [5.41, 5.74) is 0.690. The Hall–Kier alpha value is -1.24. The third kappa shape index (κ3) is 4.13. The molecule has 0 spiro atoms. The fourth-order valence-electron chi connectivity index (χ4n) is 1.51. The van der Waals surface area contributed by atoms with Gasteiger partial charge in [-0.3, -0.25) is 0 Å². The lowest BCUT2D eigenvalue weighted by Crippen LogP contribution is -2.03. The Labute approximate surface area is 129 Å². The van der Waals surface area contributed by atoms with E-state index >= 15 is 0 Å². The van der Waals surface area contributed by atoms with Crippen LogP contribution in [0.4, 0.5) is 15.9 Å². The number of halogens is 3. The topological polar surface area (TPSA) is 47.0 Å². The van der Waals surface area contributed by atoms with Gasteiger partial charge in [0.25, 0.3) is 0 Å². The van der Waals surface area contributed by atoms with E-state index in [2.05, 4.69) is 31.2 Å². The molecule has 0 aliphatic carbocycles. The van der Waals surface area contributed by atoms with E-state index in [1.54, 1.807) is 18.2 Å². The molecule has 0 fully saturated rings. The van der Waals surface area contributed by atoms with Crippen LogP contribution >= 0.6 is 27.5 Å². The molecule has 0 aliphatic rings. The van der Waals surface area contributed by atoms with E-state index in [1.165, 1.54) is 6.07 Å². The lowest BCUT2D eigenvalue weighted by atomic mass is 10.3. The van der Waals surface area contributed by atoms with E-state index in [4.69, 9.17) is 16.3 Å². The first kappa shape index (κ1) is 15.2. The molecule has 0 aliphatic heterocycles. The molecule has 7 heteroatoms. The second-order valence-electron chi connectivity index (χ2n) is 3.88. The van der Waals surface area contributed by atoms with Gasteiger partial charge < -0.3 is 10.1 Å². The van der Waals surface area contributed by atoms with Gasteiger partial charge in [0.15, 0.2) is 5.82 Å². The van der Waals surface area contributed by atoms with Gasteiger partial charge in [0.05, 0.1) is 4.47 Å². The summed E-state index contributed by atoms with van der Waals surface area (Å²) in [6.45, 7) is 2.75. The zero-order chi connectivity index (χ0) is 14.5. The number of hydrogen-bond donors (Lipinski definition) is 1. The Kier molecular flexibility index (Phi) is 5.28. The summed E-state index contributed by atoms with van der Waals surface area (Å²) in [5, 5.41) is 3.36. The molecular weight excluding hydrogens is 349 g/mol. The summed E-state index contributed by atoms with van der Waals surface area (Å²) >= 11 is 9.06. The highest BCUT2D eigenvalue weighted by Crippen LogP contribution is 2.23. The molecule has 4 nitrogen and oxygen atoms in total. The molecule has 0 bridgehead atoms. The van der Waals surface area contributed by atoms with Crippen molar-refractivity contribution in [2.75, 3.05) is 11.9 Å². The monoisotopic (exact) mass is 359 g/mol. The second-order valence-corrected chi connectivity index (χ2v) is 5.12. The predicted octanol–water partition coefficient (Wildman–Crippen LogP) is 4.31. The van der Waals surface area contributed by atoms with Gasteiger partial charge in [-0.25, -0.2) is 14.4 Å². The highest BCUT2D eigenvalue weighted by atomic mass is 79.9. The summed E-state index contributed by atoms with van der Waals surface area (Å²) in [7, 11) is 0. The predicted molar refractivity (Wildman–Crippen MR) is 79.8 cm³/mol. The van der Waals surface area contributed by atoms with Gasteiger partial charge in [-0.15, -0.1) is 0 Å². The van der Waals surface area contributed by atoms with Crippen molar-refractivity contribution in [1.29, 1.82) is 0 Å². The molecule has 1 aromatic carbocycles. The third-order valence-corrected chi connectivity index (χ3v) is 3.17. The largest absolute Gasteiger partial charge is 0.374 e. The minimum Gasteiger partial charge on any atom is -0.374 e. The van der Waals surface area contributed by atoms with Crippen LogP contribution in [0.5, 0.6) is 0 Å². The molecule has 20 heavy (non-hydrogen) atoms. The van der Waals surface area contributed by atoms with Crippen LogP contribution < -0.4 is 5.32 Å². The van der Waals surface area contributed by atoms with Crippen molar-refractivity contribution < 1.29 is 9.13 Å². The molecule has 1 N–H and O–H groups in total. The lowest BCUT2D eigenvalue weighted by molar-refractivity contribution is 0.128. The normalized spacial score (nSPS) is 10.6. The van der Waals surface area contributed by atoms with Gasteiger partial charge >= 0.3 is 0 Å². The molecule has 2 aromatic rings. The second kappa shape index (κ2) is 6.97. The molecule has 0 saturated heterocycles. The summed E-state index contributed by atoms with van der Waals surface area (Å²) in [4.78, 5) is 8.34. The van der Waals surface area contributed by atoms with Gasteiger partial charge in [0.2, 0.25) is 0 Å². The molecule has 0 amide bonds. The maximum absolute atomic E-state index is 13.2. The maximum atomic E-state index is 13.2. The van der Waals surface area contributed by atoms with E-state index in [1.807, 2.05) is 6.92 Å². The molecule has 0 radical (unpaired) electrons. The number of aromatic nitrogens is 2. The zero-order valence-electron chi connectivity index (χ0n) is 10.7. The minimum atomic E-state index is -0.326. The van der Waals surface area contributed by atoms with Gasteiger partial charge in [0, 0.05) is 18.4 Å². The summed E-state index contributed by atoms with van der Waals surface area (Å²) in [6, 6.07) is 6.18. The van der Waals surface area contributed by atoms with E-state index in [9.17, 15) is 4.39 Å². The summed E-state index contributed by atoms with van der Waals surface area (Å²) in [6.07, 6.45) is 0. The standard InChI is InChI=1S/C13H12BrClFN3O/c1-2-20-7-13-18-11(15)6-12(19-13)17-8-3-4-10(16)9(14)5-8/h3-6H,2,7H2,1H3,(H,17,18,19). The molecule has 0 atom stereocenters. The lowest BCUT2D eigenvalue weighted by Gasteiger charge is -2.08. The van der Waals surface area contributed by atoms with Gasteiger partial charge in [0.1, 0.15) is 23.4 Å². The Morgan fingerprint density at radius 2 is 2.15 bits per heavy atom. The first-order chi connectivity index (χ1) is 9.58. The first-order valence-electron chi connectivity index (χ1n) is 5.91. The quantitative estimate of drug-likeness (QED) is 0.807. The molecule has 0 saturated carbocycles. The molecule has 1 aromatic heterocycles. The van der Waals surface area contributed by atoms with Crippen LogP contribution in [0.1, 0.15) is 12.7 Å². The van der Waals surface area contributed by atoms with Crippen molar-refractivity contribution in [2.45, 2.75) is 13.5 Å². The van der Waals surface area contributed by atoms with E-state index in [-0.39, 0.29) is 5.82 Å². The molecule has 106 valence electrons. The van der Waals surface area contributed by atoms with E-state index < -0.39 is 0 Å².